The Kier molecular flexibility index (Phi) is 5.20. The number of amides is 2. The van der Waals surface area contributed by atoms with Crippen LogP contribution in [0.25, 0.3) is 0 Å². The van der Waals surface area contributed by atoms with Gasteiger partial charge in [0.05, 0.1) is 11.7 Å². The molecule has 1 fully saturated rings. The molecule has 26 heavy (non-hydrogen) atoms. The van der Waals surface area contributed by atoms with Crippen LogP contribution in [0.5, 0.6) is 0 Å². The summed E-state index contributed by atoms with van der Waals surface area (Å²) in [6.07, 6.45) is 5.04. The molecule has 138 valence electrons. The van der Waals surface area contributed by atoms with Gasteiger partial charge in [0.15, 0.2) is 0 Å². The highest BCUT2D eigenvalue weighted by Gasteiger charge is 2.26. The highest BCUT2D eigenvalue weighted by Crippen LogP contribution is 2.24. The third kappa shape index (κ3) is 3.90. The summed E-state index contributed by atoms with van der Waals surface area (Å²) in [7, 11) is 0. The number of hydrogen-bond acceptors (Lipinski definition) is 3. The maximum Gasteiger partial charge on any atom is 0.317 e. The lowest BCUT2D eigenvalue weighted by Gasteiger charge is -2.34. The van der Waals surface area contributed by atoms with Crippen LogP contribution in [0.2, 0.25) is 0 Å². The van der Waals surface area contributed by atoms with Crippen LogP contribution in [0.1, 0.15) is 36.6 Å². The van der Waals surface area contributed by atoms with Crippen LogP contribution >= 0.6 is 0 Å². The van der Waals surface area contributed by atoms with Crippen molar-refractivity contribution in [3.8, 4) is 0 Å². The van der Waals surface area contributed by atoms with Gasteiger partial charge in [-0.3, -0.25) is 9.58 Å². The lowest BCUT2D eigenvalue weighted by Crippen LogP contribution is -2.41. The van der Waals surface area contributed by atoms with Crippen molar-refractivity contribution >= 4 is 6.03 Å². The van der Waals surface area contributed by atoms with E-state index in [0.29, 0.717) is 12.6 Å². The fourth-order valence-electron chi connectivity index (χ4n) is 4.02. The van der Waals surface area contributed by atoms with Crippen molar-refractivity contribution in [3.05, 3.63) is 53.9 Å². The van der Waals surface area contributed by atoms with E-state index in [-0.39, 0.29) is 6.03 Å². The highest BCUT2D eigenvalue weighted by atomic mass is 16.2. The molecule has 2 amide bonds. The number of fused-ring (bicyclic) bond motifs is 1. The topological polar surface area (TPSA) is 53.4 Å². The van der Waals surface area contributed by atoms with E-state index < -0.39 is 0 Å². The van der Waals surface area contributed by atoms with Crippen molar-refractivity contribution in [3.63, 3.8) is 0 Å². The Bertz CT molecular complexity index is 723. The van der Waals surface area contributed by atoms with E-state index in [1.807, 2.05) is 11.1 Å². The SMILES string of the molecule is O=C(NCC[C@@H]1CN(Cc2ccccc2)Cc2ccnn21)N1CCCC1. The number of nitrogens with one attached hydrogen (secondary N) is 1. The molecule has 6 nitrogen and oxygen atoms in total. The number of aromatic nitrogens is 2. The molecule has 0 saturated carbocycles. The van der Waals surface area contributed by atoms with Crippen LogP contribution in [0.4, 0.5) is 4.79 Å². The molecule has 0 radical (unpaired) electrons. The van der Waals surface area contributed by atoms with Crippen LogP contribution in [-0.2, 0) is 13.1 Å². The Morgan fingerprint density at radius 2 is 1.96 bits per heavy atom. The van der Waals surface area contributed by atoms with Crippen LogP contribution in [-0.4, -0.2) is 51.8 Å². The second kappa shape index (κ2) is 7.91. The fraction of sp³-hybridized carbons (Fsp3) is 0.500. The van der Waals surface area contributed by atoms with Crippen LogP contribution in [0.3, 0.4) is 0 Å². The minimum Gasteiger partial charge on any atom is -0.338 e. The summed E-state index contributed by atoms with van der Waals surface area (Å²) in [4.78, 5) is 16.6. The quantitative estimate of drug-likeness (QED) is 0.899. The summed E-state index contributed by atoms with van der Waals surface area (Å²) in [5.74, 6) is 0. The number of carbonyl (C=O) groups excluding carboxylic acids is 1. The number of benzene rings is 1. The zero-order valence-electron chi connectivity index (χ0n) is 15.2. The van der Waals surface area contributed by atoms with E-state index in [2.05, 4.69) is 56.4 Å². The zero-order chi connectivity index (χ0) is 17.8. The van der Waals surface area contributed by atoms with E-state index in [1.165, 1.54) is 11.3 Å². The molecule has 2 aliphatic rings. The van der Waals surface area contributed by atoms with E-state index in [1.54, 1.807) is 0 Å². The van der Waals surface area contributed by atoms with Gasteiger partial charge in [-0.1, -0.05) is 30.3 Å². The van der Waals surface area contributed by atoms with Crippen molar-refractivity contribution in [2.24, 2.45) is 0 Å². The van der Waals surface area contributed by atoms with Gasteiger partial charge in [-0.05, 0) is 30.9 Å². The largest absolute Gasteiger partial charge is 0.338 e. The van der Waals surface area contributed by atoms with Gasteiger partial charge in [0.2, 0.25) is 0 Å². The van der Waals surface area contributed by atoms with Gasteiger partial charge in [-0.2, -0.15) is 5.10 Å². The average Bonchev–Trinajstić information content (AvgIpc) is 3.34. The molecule has 0 aliphatic carbocycles. The Labute approximate surface area is 154 Å². The summed E-state index contributed by atoms with van der Waals surface area (Å²) in [6, 6.07) is 13.1. The van der Waals surface area contributed by atoms with Crippen LogP contribution in [0, 0.1) is 0 Å². The van der Waals surface area contributed by atoms with Crippen molar-refractivity contribution in [2.75, 3.05) is 26.2 Å². The Balaban J connectivity index is 1.35. The van der Waals surface area contributed by atoms with Crippen molar-refractivity contribution in [1.82, 2.24) is 24.9 Å². The van der Waals surface area contributed by atoms with E-state index in [9.17, 15) is 4.79 Å². The van der Waals surface area contributed by atoms with Gasteiger partial charge in [0.1, 0.15) is 0 Å². The van der Waals surface area contributed by atoms with Crippen LogP contribution in [0.15, 0.2) is 42.6 Å². The van der Waals surface area contributed by atoms with Crippen molar-refractivity contribution in [2.45, 2.75) is 38.4 Å². The summed E-state index contributed by atoms with van der Waals surface area (Å²) in [5.41, 5.74) is 2.59. The first kappa shape index (κ1) is 17.1. The molecule has 1 aromatic heterocycles. The van der Waals surface area contributed by atoms with E-state index >= 15 is 0 Å². The predicted octanol–water partition coefficient (Wildman–Crippen LogP) is 2.64. The molecule has 1 atom stereocenters. The highest BCUT2D eigenvalue weighted by molar-refractivity contribution is 5.74. The Morgan fingerprint density at radius 3 is 2.77 bits per heavy atom. The van der Waals surface area contributed by atoms with Crippen molar-refractivity contribution < 1.29 is 4.79 Å². The maximum absolute atomic E-state index is 12.2. The molecule has 0 spiro atoms. The number of nitrogens with zero attached hydrogens (tertiary/aromatic N) is 4. The molecule has 0 unspecified atom stereocenters. The minimum absolute atomic E-state index is 0.0835. The van der Waals surface area contributed by atoms with E-state index in [4.69, 9.17) is 0 Å². The maximum atomic E-state index is 12.2. The van der Waals surface area contributed by atoms with E-state index in [0.717, 1.165) is 52.0 Å². The average molecular weight is 353 g/mol. The summed E-state index contributed by atoms with van der Waals surface area (Å²) < 4.78 is 2.14. The molecule has 2 aromatic rings. The summed E-state index contributed by atoms with van der Waals surface area (Å²) in [6.45, 7) is 5.31. The molecular weight excluding hydrogens is 326 g/mol. The van der Waals surface area contributed by atoms with Gasteiger partial charge in [-0.25, -0.2) is 4.79 Å². The summed E-state index contributed by atoms with van der Waals surface area (Å²) in [5, 5.41) is 7.61. The monoisotopic (exact) mass is 353 g/mol. The predicted molar refractivity (Wildman–Crippen MR) is 101 cm³/mol. The second-order valence-electron chi connectivity index (χ2n) is 7.29. The Morgan fingerprint density at radius 1 is 1.15 bits per heavy atom. The Hall–Kier alpha value is -2.34. The number of likely N-dealkylation sites (tertiary alicyclic amines) is 1. The first-order valence-electron chi connectivity index (χ1n) is 9.61. The van der Waals surface area contributed by atoms with Gasteiger partial charge in [0.25, 0.3) is 0 Å². The van der Waals surface area contributed by atoms with Crippen LogP contribution < -0.4 is 5.32 Å². The molecule has 3 heterocycles. The summed E-state index contributed by atoms with van der Waals surface area (Å²) >= 11 is 0. The van der Waals surface area contributed by atoms with Crippen molar-refractivity contribution in [1.29, 1.82) is 0 Å². The smallest absolute Gasteiger partial charge is 0.317 e. The minimum atomic E-state index is 0.0835. The number of urea groups is 1. The third-order valence-electron chi connectivity index (χ3n) is 5.35. The molecule has 1 N–H and O–H groups in total. The lowest BCUT2D eigenvalue weighted by atomic mass is 10.1. The van der Waals surface area contributed by atoms with Gasteiger partial charge in [0, 0.05) is 45.5 Å². The molecule has 0 bridgehead atoms. The zero-order valence-corrected chi connectivity index (χ0v) is 15.2. The molecule has 2 aliphatic heterocycles. The molecular formula is C20H27N5O. The third-order valence-corrected chi connectivity index (χ3v) is 5.35. The normalized spacial score (nSPS) is 20.2. The molecule has 6 heteroatoms. The molecule has 1 aromatic carbocycles. The fourth-order valence-corrected chi connectivity index (χ4v) is 4.02. The van der Waals surface area contributed by atoms with Gasteiger partial charge in [-0.15, -0.1) is 0 Å². The first-order chi connectivity index (χ1) is 12.8. The number of rotatable bonds is 5. The number of hydrogen-bond donors (Lipinski definition) is 1. The second-order valence-corrected chi connectivity index (χ2v) is 7.29. The van der Waals surface area contributed by atoms with Gasteiger partial charge >= 0.3 is 6.03 Å². The molecule has 1 saturated heterocycles. The number of carbonyl (C=O) groups is 1. The standard InChI is InChI=1S/C20H27N5O/c26-20(24-12-4-5-13-24)21-10-8-18-15-23(14-17-6-2-1-3-7-17)16-19-9-11-22-25(18)19/h1-3,6-7,9,11,18H,4-5,8,10,12-16H2,(H,21,26)/t18-/m1/s1. The first-order valence-corrected chi connectivity index (χ1v) is 9.61. The van der Waals surface area contributed by atoms with Gasteiger partial charge < -0.3 is 10.2 Å². The molecule has 4 rings (SSSR count). The lowest BCUT2D eigenvalue weighted by molar-refractivity contribution is 0.160.